The molecule has 0 atom stereocenters. The summed E-state index contributed by atoms with van der Waals surface area (Å²) in [7, 11) is -4.27. The monoisotopic (exact) mass is 310 g/mol. The van der Waals surface area contributed by atoms with E-state index in [4.69, 9.17) is 10.4 Å². The molecule has 8 heteroatoms. The van der Waals surface area contributed by atoms with E-state index in [-0.39, 0.29) is 5.69 Å². The molecule has 0 aliphatic carbocycles. The first-order chi connectivity index (χ1) is 9.85. The summed E-state index contributed by atoms with van der Waals surface area (Å²) in [6, 6.07) is 7.47. The first-order valence-corrected chi connectivity index (χ1v) is 7.03. The normalized spacial score (nSPS) is 10.9. The van der Waals surface area contributed by atoms with Crippen LogP contribution in [0.2, 0.25) is 0 Å². The van der Waals surface area contributed by atoms with Crippen LogP contribution in [0.5, 0.6) is 5.75 Å². The van der Waals surface area contributed by atoms with Gasteiger partial charge < -0.3 is 5.11 Å². The van der Waals surface area contributed by atoms with Crippen LogP contribution in [0.3, 0.4) is 0 Å². The third-order valence-corrected chi connectivity index (χ3v) is 4.00. The Hall–Kier alpha value is -2.66. The van der Waals surface area contributed by atoms with E-state index in [1.807, 2.05) is 4.72 Å². The van der Waals surface area contributed by atoms with Crippen molar-refractivity contribution in [3.63, 3.8) is 0 Å². The van der Waals surface area contributed by atoms with Gasteiger partial charge in [0.1, 0.15) is 22.3 Å². The Morgan fingerprint density at radius 3 is 2.48 bits per heavy atom. The lowest BCUT2D eigenvalue weighted by atomic mass is 10.2. The van der Waals surface area contributed by atoms with Gasteiger partial charge in [0, 0.05) is 6.07 Å². The van der Waals surface area contributed by atoms with E-state index < -0.39 is 37.9 Å². The fourth-order valence-electron chi connectivity index (χ4n) is 1.62. The number of halogens is 2. The van der Waals surface area contributed by atoms with Crippen LogP contribution in [0.25, 0.3) is 0 Å². The fourth-order valence-corrected chi connectivity index (χ4v) is 2.83. The van der Waals surface area contributed by atoms with E-state index in [0.29, 0.717) is 0 Å². The van der Waals surface area contributed by atoms with Crippen molar-refractivity contribution < 1.29 is 22.3 Å². The molecule has 0 heterocycles. The number of phenols is 1. The molecule has 5 nitrogen and oxygen atoms in total. The summed E-state index contributed by atoms with van der Waals surface area (Å²) in [6.45, 7) is 0. The molecule has 0 radical (unpaired) electrons. The predicted molar refractivity (Wildman–Crippen MR) is 70.0 cm³/mol. The number of nitrogens with zero attached hydrogens (tertiary/aromatic N) is 1. The maximum absolute atomic E-state index is 13.4. The highest BCUT2D eigenvalue weighted by Crippen LogP contribution is 2.24. The van der Waals surface area contributed by atoms with Gasteiger partial charge in [0.05, 0.1) is 5.69 Å². The largest absolute Gasteiger partial charge is 0.505 e. The lowest BCUT2D eigenvalue weighted by molar-refractivity contribution is 0.432. The standard InChI is InChI=1S/C13H8F2N2O3S/c14-10-2-1-3-13(9(10)7-16)21(19,20)17-8-4-5-12(18)11(15)6-8/h1-6,17-18H. The van der Waals surface area contributed by atoms with Crippen LogP contribution >= 0.6 is 0 Å². The third-order valence-electron chi connectivity index (χ3n) is 2.58. The number of benzene rings is 2. The average molecular weight is 310 g/mol. The van der Waals surface area contributed by atoms with E-state index in [1.54, 1.807) is 0 Å². The summed E-state index contributed by atoms with van der Waals surface area (Å²) in [5.74, 6) is -2.63. The summed E-state index contributed by atoms with van der Waals surface area (Å²) in [5, 5.41) is 17.9. The predicted octanol–water partition coefficient (Wildman–Crippen LogP) is 2.34. The molecule has 0 bridgehead atoms. The number of phenolic OH excluding ortho intramolecular Hbond substituents is 1. The lowest BCUT2D eigenvalue weighted by Gasteiger charge is -2.10. The zero-order valence-electron chi connectivity index (χ0n) is 10.3. The van der Waals surface area contributed by atoms with Crippen molar-refractivity contribution in [2.75, 3.05) is 4.72 Å². The lowest BCUT2D eigenvalue weighted by Crippen LogP contribution is -2.15. The highest BCUT2D eigenvalue weighted by atomic mass is 32.2. The maximum atomic E-state index is 13.4. The highest BCUT2D eigenvalue weighted by molar-refractivity contribution is 7.92. The summed E-state index contributed by atoms with van der Waals surface area (Å²) >= 11 is 0. The van der Waals surface area contributed by atoms with E-state index in [9.17, 15) is 17.2 Å². The van der Waals surface area contributed by atoms with E-state index in [2.05, 4.69) is 0 Å². The number of hydrogen-bond acceptors (Lipinski definition) is 4. The van der Waals surface area contributed by atoms with Crippen LogP contribution in [-0.4, -0.2) is 13.5 Å². The van der Waals surface area contributed by atoms with Gasteiger partial charge in [0.2, 0.25) is 0 Å². The van der Waals surface area contributed by atoms with Gasteiger partial charge >= 0.3 is 0 Å². The van der Waals surface area contributed by atoms with Crippen LogP contribution < -0.4 is 4.72 Å². The van der Waals surface area contributed by atoms with Gasteiger partial charge in [-0.15, -0.1) is 0 Å². The fraction of sp³-hybridized carbons (Fsp3) is 0. The van der Waals surface area contributed by atoms with Gasteiger partial charge in [-0.05, 0) is 24.3 Å². The first kappa shape index (κ1) is 14.7. The molecular formula is C13H8F2N2O3S. The quantitative estimate of drug-likeness (QED) is 0.851. The number of anilines is 1. The van der Waals surface area contributed by atoms with Crippen molar-refractivity contribution in [1.82, 2.24) is 0 Å². The molecule has 2 N–H and O–H groups in total. The molecule has 2 aromatic rings. The summed E-state index contributed by atoms with van der Waals surface area (Å²) in [5.41, 5.74) is -0.803. The molecule has 0 saturated heterocycles. The van der Waals surface area contributed by atoms with Crippen LogP contribution in [0.15, 0.2) is 41.3 Å². The number of nitrogens with one attached hydrogen (secondary N) is 1. The molecule has 21 heavy (non-hydrogen) atoms. The second kappa shape index (κ2) is 5.38. The second-order valence-electron chi connectivity index (χ2n) is 4.00. The van der Waals surface area contributed by atoms with Gasteiger partial charge in [-0.2, -0.15) is 5.26 Å². The van der Waals surface area contributed by atoms with Gasteiger partial charge in [-0.3, -0.25) is 4.72 Å². The maximum Gasteiger partial charge on any atom is 0.263 e. The van der Waals surface area contributed by atoms with E-state index in [1.165, 1.54) is 6.07 Å². The van der Waals surface area contributed by atoms with Crippen LogP contribution in [0, 0.1) is 23.0 Å². The minimum Gasteiger partial charge on any atom is -0.505 e. The molecule has 0 amide bonds. The Kier molecular flexibility index (Phi) is 3.78. The molecule has 0 aromatic heterocycles. The number of rotatable bonds is 3. The van der Waals surface area contributed by atoms with Crippen molar-refractivity contribution in [3.8, 4) is 11.8 Å². The zero-order chi connectivity index (χ0) is 15.6. The van der Waals surface area contributed by atoms with Crippen molar-refractivity contribution in [3.05, 3.63) is 53.6 Å². The Labute approximate surface area is 119 Å². The molecule has 2 aromatic carbocycles. The molecule has 0 spiro atoms. The number of nitriles is 1. The Bertz CT molecular complexity index is 845. The number of hydrogen-bond donors (Lipinski definition) is 2. The molecular weight excluding hydrogens is 302 g/mol. The highest BCUT2D eigenvalue weighted by Gasteiger charge is 2.21. The summed E-state index contributed by atoms with van der Waals surface area (Å²) < 4.78 is 52.8. The Morgan fingerprint density at radius 2 is 1.86 bits per heavy atom. The smallest absolute Gasteiger partial charge is 0.263 e. The molecule has 0 fully saturated rings. The Morgan fingerprint density at radius 1 is 1.14 bits per heavy atom. The van der Waals surface area contributed by atoms with Crippen molar-refractivity contribution in [1.29, 1.82) is 5.26 Å². The van der Waals surface area contributed by atoms with Crippen LogP contribution in [0.1, 0.15) is 5.56 Å². The van der Waals surface area contributed by atoms with Crippen LogP contribution in [0.4, 0.5) is 14.5 Å². The molecule has 0 unspecified atom stereocenters. The van der Waals surface area contributed by atoms with Crippen LogP contribution in [-0.2, 0) is 10.0 Å². The molecule has 0 aliphatic heterocycles. The average Bonchev–Trinajstić information content (AvgIpc) is 2.42. The zero-order valence-corrected chi connectivity index (χ0v) is 11.2. The van der Waals surface area contributed by atoms with Gasteiger partial charge in [0.25, 0.3) is 10.0 Å². The van der Waals surface area contributed by atoms with Gasteiger partial charge in [-0.1, -0.05) is 6.07 Å². The number of aromatic hydroxyl groups is 1. The summed E-state index contributed by atoms with van der Waals surface area (Å²) in [4.78, 5) is -0.557. The summed E-state index contributed by atoms with van der Waals surface area (Å²) in [6.07, 6.45) is 0. The van der Waals surface area contributed by atoms with E-state index >= 15 is 0 Å². The minimum atomic E-state index is -4.27. The number of sulfonamides is 1. The Balaban J connectivity index is 2.46. The van der Waals surface area contributed by atoms with Crippen molar-refractivity contribution in [2.45, 2.75) is 4.90 Å². The first-order valence-electron chi connectivity index (χ1n) is 5.55. The molecule has 2 rings (SSSR count). The SMILES string of the molecule is N#Cc1c(F)cccc1S(=O)(=O)Nc1ccc(O)c(F)c1. The van der Waals surface area contributed by atoms with Crippen molar-refractivity contribution >= 4 is 15.7 Å². The second-order valence-corrected chi connectivity index (χ2v) is 5.65. The minimum absolute atomic E-state index is 0.168. The molecule has 108 valence electrons. The van der Waals surface area contributed by atoms with Gasteiger partial charge in [-0.25, -0.2) is 17.2 Å². The molecule has 0 saturated carbocycles. The van der Waals surface area contributed by atoms with Crippen molar-refractivity contribution in [2.24, 2.45) is 0 Å². The topological polar surface area (TPSA) is 90.2 Å². The third kappa shape index (κ3) is 2.93. The molecule has 0 aliphatic rings. The van der Waals surface area contributed by atoms with Gasteiger partial charge in [0.15, 0.2) is 11.6 Å². The van der Waals surface area contributed by atoms with E-state index in [0.717, 1.165) is 36.4 Å².